The van der Waals surface area contributed by atoms with Crippen molar-refractivity contribution in [2.24, 2.45) is 21.7 Å². The molecule has 1 aliphatic rings. The number of amidine groups is 1. The van der Waals surface area contributed by atoms with Gasteiger partial charge in [0.1, 0.15) is 0 Å². The quantitative estimate of drug-likeness (QED) is 0.313. The summed E-state index contributed by atoms with van der Waals surface area (Å²) < 4.78 is 0. The van der Waals surface area contributed by atoms with E-state index in [1.165, 1.54) is 6.42 Å². The Kier molecular flexibility index (Phi) is 4.65. The van der Waals surface area contributed by atoms with Crippen LogP contribution in [-0.4, -0.2) is 23.1 Å². The zero-order valence-electron chi connectivity index (χ0n) is 12.5. The smallest absolute Gasteiger partial charge is 0.156 e. The maximum Gasteiger partial charge on any atom is 0.156 e. The van der Waals surface area contributed by atoms with E-state index in [1.807, 2.05) is 0 Å². The van der Waals surface area contributed by atoms with Gasteiger partial charge in [0, 0.05) is 6.04 Å². The highest BCUT2D eigenvalue weighted by molar-refractivity contribution is 5.85. The topological polar surface area (TPSA) is 70.6 Å². The summed E-state index contributed by atoms with van der Waals surface area (Å²) in [6.45, 7) is 11.4. The highest BCUT2D eigenvalue weighted by Crippen LogP contribution is 2.45. The van der Waals surface area contributed by atoms with Crippen molar-refractivity contribution in [2.45, 2.75) is 72.4 Å². The van der Waals surface area contributed by atoms with Crippen LogP contribution in [0.5, 0.6) is 0 Å². The predicted molar refractivity (Wildman–Crippen MR) is 75.8 cm³/mol. The molecule has 0 spiro atoms. The fraction of sp³-hybridized carbons (Fsp3) is 0.929. The van der Waals surface area contributed by atoms with E-state index in [1.54, 1.807) is 0 Å². The average molecular weight is 255 g/mol. The Morgan fingerprint density at radius 3 is 2.22 bits per heavy atom. The van der Waals surface area contributed by atoms with Crippen LogP contribution in [-0.2, 0) is 0 Å². The van der Waals surface area contributed by atoms with Crippen LogP contribution in [0, 0.1) is 10.8 Å². The van der Waals surface area contributed by atoms with Gasteiger partial charge in [-0.15, -0.1) is 0 Å². The normalized spacial score (nSPS) is 25.9. The second kappa shape index (κ2) is 5.47. The van der Waals surface area contributed by atoms with Gasteiger partial charge in [0.05, 0.1) is 6.04 Å². The van der Waals surface area contributed by atoms with Gasteiger partial charge in [-0.05, 0) is 36.5 Å². The third-order valence-electron chi connectivity index (χ3n) is 3.87. The fourth-order valence-corrected chi connectivity index (χ4v) is 3.73. The number of hydrogen-bond acceptors (Lipinski definition) is 3. The fourth-order valence-electron chi connectivity index (χ4n) is 3.73. The standard InChI is InChI=1S/C14H29N3O/c1-6-11(12(15)17-18)16-10-7-13(2,3)9-14(4,5)8-10/h10-11,16,18H,6-9H2,1-5H3,(H2,15,17). The van der Waals surface area contributed by atoms with Crippen molar-refractivity contribution >= 4 is 5.84 Å². The molecule has 0 aromatic carbocycles. The molecule has 0 amide bonds. The number of oxime groups is 1. The Hall–Kier alpha value is -0.770. The molecule has 0 bridgehead atoms. The lowest BCUT2D eigenvalue weighted by Gasteiger charge is -2.46. The second-order valence-corrected chi connectivity index (χ2v) is 7.26. The first-order valence-electron chi connectivity index (χ1n) is 6.92. The number of rotatable bonds is 4. The van der Waals surface area contributed by atoms with Crippen LogP contribution in [0.1, 0.15) is 60.3 Å². The minimum atomic E-state index is -0.0234. The van der Waals surface area contributed by atoms with Crippen molar-refractivity contribution in [3.8, 4) is 0 Å². The Bertz CT molecular complexity index is 294. The van der Waals surface area contributed by atoms with E-state index in [-0.39, 0.29) is 6.04 Å². The molecular weight excluding hydrogens is 226 g/mol. The maximum absolute atomic E-state index is 8.79. The van der Waals surface area contributed by atoms with Crippen LogP contribution in [0.3, 0.4) is 0 Å². The molecule has 0 aliphatic heterocycles. The molecule has 1 atom stereocenters. The third kappa shape index (κ3) is 4.16. The van der Waals surface area contributed by atoms with Gasteiger partial charge >= 0.3 is 0 Å². The predicted octanol–water partition coefficient (Wildman–Crippen LogP) is 2.71. The molecule has 4 nitrogen and oxygen atoms in total. The molecule has 4 heteroatoms. The van der Waals surface area contributed by atoms with E-state index in [0.717, 1.165) is 19.3 Å². The van der Waals surface area contributed by atoms with E-state index >= 15 is 0 Å². The minimum Gasteiger partial charge on any atom is -0.409 e. The summed E-state index contributed by atoms with van der Waals surface area (Å²) in [6, 6.07) is 0.415. The molecule has 0 heterocycles. The van der Waals surface area contributed by atoms with Gasteiger partial charge in [-0.3, -0.25) is 0 Å². The third-order valence-corrected chi connectivity index (χ3v) is 3.87. The summed E-state index contributed by atoms with van der Waals surface area (Å²) in [7, 11) is 0. The van der Waals surface area contributed by atoms with Crippen LogP contribution >= 0.6 is 0 Å². The first-order chi connectivity index (χ1) is 8.19. The maximum atomic E-state index is 8.79. The Morgan fingerprint density at radius 2 is 1.83 bits per heavy atom. The van der Waals surface area contributed by atoms with E-state index < -0.39 is 0 Å². The van der Waals surface area contributed by atoms with E-state index in [2.05, 4.69) is 45.1 Å². The lowest BCUT2D eigenvalue weighted by Crippen LogP contribution is -2.51. The first kappa shape index (κ1) is 15.3. The van der Waals surface area contributed by atoms with Crippen LogP contribution in [0.4, 0.5) is 0 Å². The Morgan fingerprint density at radius 1 is 1.33 bits per heavy atom. The molecule has 0 aromatic rings. The van der Waals surface area contributed by atoms with Crippen molar-refractivity contribution in [3.63, 3.8) is 0 Å². The molecule has 1 fully saturated rings. The van der Waals surface area contributed by atoms with E-state index in [4.69, 9.17) is 10.9 Å². The number of hydrogen-bond donors (Lipinski definition) is 3. The first-order valence-corrected chi connectivity index (χ1v) is 6.92. The van der Waals surface area contributed by atoms with Gasteiger partial charge in [-0.2, -0.15) is 0 Å². The Balaban J connectivity index is 2.71. The van der Waals surface area contributed by atoms with Gasteiger partial charge in [0.15, 0.2) is 5.84 Å². The van der Waals surface area contributed by atoms with Crippen LogP contribution < -0.4 is 11.1 Å². The Labute approximate surface area is 111 Å². The van der Waals surface area contributed by atoms with Gasteiger partial charge < -0.3 is 16.3 Å². The molecule has 1 rings (SSSR count). The molecule has 1 saturated carbocycles. The molecule has 18 heavy (non-hydrogen) atoms. The van der Waals surface area contributed by atoms with Gasteiger partial charge in [0.25, 0.3) is 0 Å². The number of nitrogens with one attached hydrogen (secondary N) is 1. The monoisotopic (exact) mass is 255 g/mol. The summed E-state index contributed by atoms with van der Waals surface area (Å²) in [5, 5.41) is 15.5. The molecule has 0 saturated heterocycles. The van der Waals surface area contributed by atoms with Crippen molar-refractivity contribution in [1.82, 2.24) is 5.32 Å². The highest BCUT2D eigenvalue weighted by atomic mass is 16.4. The summed E-state index contributed by atoms with van der Waals surface area (Å²) in [5.74, 6) is 0.290. The average Bonchev–Trinajstić information content (AvgIpc) is 2.20. The van der Waals surface area contributed by atoms with Crippen molar-refractivity contribution in [3.05, 3.63) is 0 Å². The lowest BCUT2D eigenvalue weighted by molar-refractivity contribution is 0.0829. The summed E-state index contributed by atoms with van der Waals surface area (Å²) in [4.78, 5) is 0. The largest absolute Gasteiger partial charge is 0.409 e. The molecule has 106 valence electrons. The summed E-state index contributed by atoms with van der Waals surface area (Å²) >= 11 is 0. The molecular formula is C14H29N3O. The highest BCUT2D eigenvalue weighted by Gasteiger charge is 2.39. The number of nitrogens with zero attached hydrogens (tertiary/aromatic N) is 1. The van der Waals surface area contributed by atoms with Crippen LogP contribution in [0.25, 0.3) is 0 Å². The SMILES string of the molecule is CCC(NC1CC(C)(C)CC(C)(C)C1)C(N)=NO. The number of nitrogens with two attached hydrogens (primary N) is 1. The second-order valence-electron chi connectivity index (χ2n) is 7.26. The zero-order valence-corrected chi connectivity index (χ0v) is 12.5. The van der Waals surface area contributed by atoms with Gasteiger partial charge in [-0.1, -0.05) is 39.8 Å². The van der Waals surface area contributed by atoms with Crippen molar-refractivity contribution in [1.29, 1.82) is 0 Å². The summed E-state index contributed by atoms with van der Waals surface area (Å²) in [5.41, 5.74) is 6.42. The van der Waals surface area contributed by atoms with Crippen molar-refractivity contribution < 1.29 is 5.21 Å². The lowest BCUT2D eigenvalue weighted by atomic mass is 9.63. The molecule has 1 aliphatic carbocycles. The minimum absolute atomic E-state index is 0.0234. The van der Waals surface area contributed by atoms with Crippen LogP contribution in [0.15, 0.2) is 5.16 Å². The molecule has 0 aromatic heterocycles. The molecule has 0 radical (unpaired) electrons. The van der Waals surface area contributed by atoms with Gasteiger partial charge in [0.2, 0.25) is 0 Å². The molecule has 4 N–H and O–H groups in total. The van der Waals surface area contributed by atoms with E-state index in [0.29, 0.717) is 22.7 Å². The van der Waals surface area contributed by atoms with Crippen LogP contribution in [0.2, 0.25) is 0 Å². The van der Waals surface area contributed by atoms with Gasteiger partial charge in [-0.25, -0.2) is 0 Å². The summed E-state index contributed by atoms with van der Waals surface area (Å²) in [6.07, 6.45) is 4.38. The zero-order chi connectivity index (χ0) is 14.0. The van der Waals surface area contributed by atoms with E-state index in [9.17, 15) is 0 Å². The molecule has 1 unspecified atom stereocenters. The van der Waals surface area contributed by atoms with Crippen molar-refractivity contribution in [2.75, 3.05) is 0 Å².